The van der Waals surface area contributed by atoms with Gasteiger partial charge in [-0.3, -0.25) is 24.1 Å². The maximum absolute atomic E-state index is 13.7. The van der Waals surface area contributed by atoms with Crippen LogP contribution in [0.25, 0.3) is 0 Å². The van der Waals surface area contributed by atoms with Gasteiger partial charge in [-0.2, -0.15) is 5.10 Å². The van der Waals surface area contributed by atoms with Crippen LogP contribution in [-0.2, 0) is 35.1 Å². The number of carbonyl (C=O) groups is 5. The Morgan fingerprint density at radius 2 is 1.53 bits per heavy atom. The van der Waals surface area contributed by atoms with Gasteiger partial charge in [0.05, 0.1) is 0 Å². The van der Waals surface area contributed by atoms with E-state index in [0.29, 0.717) is 25.1 Å². The van der Waals surface area contributed by atoms with Crippen molar-refractivity contribution < 1.29 is 33.4 Å². The average molecular weight is 602 g/mol. The normalized spacial score (nSPS) is 16.4. The highest BCUT2D eigenvalue weighted by molar-refractivity contribution is 5.94. The number of benzene rings is 1. The summed E-state index contributed by atoms with van der Waals surface area (Å²) in [7, 11) is 0. The number of hydrogen-bond donors (Lipinski definition) is 3. The number of carbonyl (C=O) groups excluding carboxylic acids is 5. The number of amides is 4. The summed E-state index contributed by atoms with van der Waals surface area (Å²) in [5.74, 6) is -2.26. The summed E-state index contributed by atoms with van der Waals surface area (Å²) in [6.45, 7) is 14.2. The van der Waals surface area contributed by atoms with Crippen molar-refractivity contribution in [1.29, 1.82) is 0 Å². The first kappa shape index (κ1) is 35.2. The van der Waals surface area contributed by atoms with E-state index < -0.39 is 59.1 Å². The van der Waals surface area contributed by atoms with E-state index >= 15 is 0 Å². The van der Waals surface area contributed by atoms with Crippen molar-refractivity contribution in [2.24, 2.45) is 5.10 Å². The number of esters is 1. The minimum Gasteiger partial charge on any atom is -0.460 e. The number of nitrogens with zero attached hydrogens (tertiary/aromatic N) is 2. The molecule has 1 aliphatic rings. The predicted molar refractivity (Wildman–Crippen MR) is 162 cm³/mol. The summed E-state index contributed by atoms with van der Waals surface area (Å²) < 4.78 is 10.8. The van der Waals surface area contributed by atoms with E-state index in [-0.39, 0.29) is 19.3 Å². The Labute approximate surface area is 254 Å². The van der Waals surface area contributed by atoms with E-state index in [1.807, 2.05) is 30.3 Å². The number of hydrogen-bond acceptors (Lipinski definition) is 8. The zero-order chi connectivity index (χ0) is 32.4. The molecule has 1 saturated heterocycles. The van der Waals surface area contributed by atoms with Crippen molar-refractivity contribution in [1.82, 2.24) is 21.0 Å². The molecule has 2 rings (SSSR count). The van der Waals surface area contributed by atoms with Crippen molar-refractivity contribution in [3.05, 3.63) is 35.9 Å². The minimum absolute atomic E-state index is 0.0498. The number of ether oxygens (including phenoxy) is 2. The second-order valence-corrected chi connectivity index (χ2v) is 12.8. The van der Waals surface area contributed by atoms with Crippen LogP contribution in [0.1, 0.15) is 86.6 Å². The standard InChI is InChI=1S/C31H47N5O7/c1-20(2)34-35-27(39)22(16-17-25(37)42-30(3,4)5)32-26(38)23(19-21-13-10-9-11-14-21)33-28(40)24-15-12-18-36(24)29(41)43-31(6,7)8/h9-11,13-14,22-24H,12,15-19H2,1-8H3,(H,32,38)(H,33,40)(H,35,39). The van der Waals surface area contributed by atoms with E-state index in [2.05, 4.69) is 21.2 Å². The van der Waals surface area contributed by atoms with E-state index in [0.717, 1.165) is 5.56 Å². The predicted octanol–water partition coefficient (Wildman–Crippen LogP) is 3.23. The highest BCUT2D eigenvalue weighted by atomic mass is 16.6. The third-order valence-electron chi connectivity index (χ3n) is 6.18. The Hall–Kier alpha value is -3.96. The molecule has 0 aliphatic carbocycles. The molecule has 3 unspecified atom stereocenters. The quantitative estimate of drug-likeness (QED) is 0.200. The monoisotopic (exact) mass is 601 g/mol. The fraction of sp³-hybridized carbons (Fsp3) is 0.613. The lowest BCUT2D eigenvalue weighted by Crippen LogP contribution is -2.57. The molecular weight excluding hydrogens is 554 g/mol. The van der Waals surface area contributed by atoms with Gasteiger partial charge in [0.1, 0.15) is 29.3 Å². The first-order chi connectivity index (χ1) is 19.9. The Kier molecular flexibility index (Phi) is 12.7. The third-order valence-corrected chi connectivity index (χ3v) is 6.18. The summed E-state index contributed by atoms with van der Waals surface area (Å²) in [6.07, 6.45) is 0.375. The molecule has 43 heavy (non-hydrogen) atoms. The van der Waals surface area contributed by atoms with Crippen LogP contribution in [0.5, 0.6) is 0 Å². The first-order valence-electron chi connectivity index (χ1n) is 14.6. The maximum atomic E-state index is 13.7. The molecule has 0 bridgehead atoms. The first-order valence-corrected chi connectivity index (χ1v) is 14.6. The Balaban J connectivity index is 2.26. The summed E-state index contributed by atoms with van der Waals surface area (Å²) in [6, 6.07) is 6.08. The van der Waals surface area contributed by atoms with Crippen molar-refractivity contribution in [3.8, 4) is 0 Å². The average Bonchev–Trinajstić information content (AvgIpc) is 3.38. The van der Waals surface area contributed by atoms with Gasteiger partial charge in [0, 0.05) is 25.1 Å². The maximum Gasteiger partial charge on any atom is 0.410 e. The van der Waals surface area contributed by atoms with Crippen molar-refractivity contribution in [3.63, 3.8) is 0 Å². The number of likely N-dealkylation sites (tertiary alicyclic amines) is 1. The highest BCUT2D eigenvalue weighted by Gasteiger charge is 2.38. The van der Waals surface area contributed by atoms with Crippen molar-refractivity contribution in [2.45, 2.75) is 117 Å². The number of nitrogens with one attached hydrogen (secondary N) is 3. The molecule has 1 aromatic rings. The van der Waals surface area contributed by atoms with E-state index in [4.69, 9.17) is 9.47 Å². The van der Waals surface area contributed by atoms with Gasteiger partial charge < -0.3 is 20.1 Å². The molecule has 4 amide bonds. The second kappa shape index (κ2) is 15.5. The fourth-order valence-electron chi connectivity index (χ4n) is 4.35. The van der Waals surface area contributed by atoms with E-state index in [9.17, 15) is 24.0 Å². The molecule has 3 atom stereocenters. The molecule has 1 fully saturated rings. The van der Waals surface area contributed by atoms with Gasteiger partial charge in [0.25, 0.3) is 5.91 Å². The summed E-state index contributed by atoms with van der Waals surface area (Å²) in [5.41, 5.74) is 2.33. The SMILES string of the molecule is CC(C)=NNC(=O)C(CCC(=O)OC(C)(C)C)NC(=O)C(Cc1ccccc1)NC(=O)C1CCCN1C(=O)OC(C)(C)C. The summed E-state index contributed by atoms with van der Waals surface area (Å²) in [4.78, 5) is 66.7. The van der Waals surface area contributed by atoms with Gasteiger partial charge in [-0.05, 0) is 80.2 Å². The van der Waals surface area contributed by atoms with Crippen molar-refractivity contribution >= 4 is 35.5 Å². The third kappa shape index (κ3) is 12.8. The van der Waals surface area contributed by atoms with Crippen LogP contribution in [0, 0.1) is 0 Å². The minimum atomic E-state index is -1.14. The molecule has 0 radical (unpaired) electrons. The van der Waals surface area contributed by atoms with Crippen LogP contribution in [-0.4, -0.2) is 76.3 Å². The lowest BCUT2D eigenvalue weighted by molar-refractivity contribution is -0.155. The summed E-state index contributed by atoms with van der Waals surface area (Å²) >= 11 is 0. The van der Waals surface area contributed by atoms with Crippen LogP contribution < -0.4 is 16.1 Å². The highest BCUT2D eigenvalue weighted by Crippen LogP contribution is 2.21. The van der Waals surface area contributed by atoms with Crippen LogP contribution in [0.2, 0.25) is 0 Å². The molecule has 3 N–H and O–H groups in total. The fourth-order valence-corrected chi connectivity index (χ4v) is 4.35. The molecule has 0 aromatic heterocycles. The number of hydrazone groups is 1. The molecule has 1 aromatic carbocycles. The lowest BCUT2D eigenvalue weighted by Gasteiger charge is -2.29. The molecular formula is C31H47N5O7. The zero-order valence-electron chi connectivity index (χ0n) is 26.6. The van der Waals surface area contributed by atoms with E-state index in [1.54, 1.807) is 55.4 Å². The second-order valence-electron chi connectivity index (χ2n) is 12.8. The lowest BCUT2D eigenvalue weighted by atomic mass is 10.0. The van der Waals surface area contributed by atoms with Crippen LogP contribution in [0.3, 0.4) is 0 Å². The van der Waals surface area contributed by atoms with Gasteiger partial charge in [0.2, 0.25) is 11.8 Å². The largest absolute Gasteiger partial charge is 0.460 e. The molecule has 238 valence electrons. The molecule has 1 heterocycles. The van der Waals surface area contributed by atoms with Crippen molar-refractivity contribution in [2.75, 3.05) is 6.54 Å². The van der Waals surface area contributed by atoms with Gasteiger partial charge in [-0.1, -0.05) is 30.3 Å². The Bertz CT molecular complexity index is 1170. The molecule has 0 saturated carbocycles. The van der Waals surface area contributed by atoms with E-state index in [1.165, 1.54) is 4.90 Å². The van der Waals surface area contributed by atoms with Crippen LogP contribution >= 0.6 is 0 Å². The molecule has 12 nitrogen and oxygen atoms in total. The summed E-state index contributed by atoms with van der Waals surface area (Å²) in [5, 5.41) is 9.42. The topological polar surface area (TPSA) is 156 Å². The van der Waals surface area contributed by atoms with Gasteiger partial charge in [0.15, 0.2) is 0 Å². The van der Waals surface area contributed by atoms with Gasteiger partial charge >= 0.3 is 12.1 Å². The van der Waals surface area contributed by atoms with Crippen LogP contribution in [0.15, 0.2) is 35.4 Å². The van der Waals surface area contributed by atoms with Gasteiger partial charge in [-0.25, -0.2) is 10.2 Å². The number of rotatable bonds is 11. The molecule has 1 aliphatic heterocycles. The Morgan fingerprint density at radius 1 is 0.907 bits per heavy atom. The van der Waals surface area contributed by atoms with Crippen LogP contribution in [0.4, 0.5) is 4.79 Å². The van der Waals surface area contributed by atoms with Gasteiger partial charge in [-0.15, -0.1) is 0 Å². The molecule has 0 spiro atoms. The smallest absolute Gasteiger partial charge is 0.410 e. The molecule has 12 heteroatoms. The Morgan fingerprint density at radius 3 is 2.12 bits per heavy atom. The zero-order valence-corrected chi connectivity index (χ0v) is 26.6.